The zero-order valence-corrected chi connectivity index (χ0v) is 15.7. The van der Waals surface area contributed by atoms with E-state index >= 15 is 0 Å². The number of rotatable bonds is 8. The third-order valence-corrected chi connectivity index (χ3v) is 4.10. The van der Waals surface area contributed by atoms with Crippen LogP contribution in [-0.2, 0) is 9.59 Å². The normalized spacial score (nSPS) is 16.1. The number of ether oxygens (including phenoxy) is 1. The molecule has 1 aliphatic rings. The number of Topliss-reactive ketones (excluding diaryl/α,β-unsaturated/α-hetero) is 1. The minimum absolute atomic E-state index is 0. The SMILES string of the molecule is COc1ccc(C(=O)CNC(=O)CCC(=O)N[C@H]2CCCNC2)cc1.Cl. The molecule has 1 heterocycles. The van der Waals surface area contributed by atoms with Gasteiger partial charge in [0.2, 0.25) is 11.8 Å². The van der Waals surface area contributed by atoms with Crippen molar-refractivity contribution in [2.24, 2.45) is 0 Å². The van der Waals surface area contributed by atoms with E-state index in [-0.39, 0.29) is 55.4 Å². The summed E-state index contributed by atoms with van der Waals surface area (Å²) in [4.78, 5) is 35.6. The number of piperidine rings is 1. The van der Waals surface area contributed by atoms with Gasteiger partial charge in [0, 0.05) is 31.0 Å². The van der Waals surface area contributed by atoms with Gasteiger partial charge in [-0.25, -0.2) is 0 Å². The number of benzene rings is 1. The van der Waals surface area contributed by atoms with Gasteiger partial charge in [-0.3, -0.25) is 14.4 Å². The molecule has 2 rings (SSSR count). The Bertz CT molecular complexity index is 601. The van der Waals surface area contributed by atoms with Crippen molar-refractivity contribution in [3.05, 3.63) is 29.8 Å². The summed E-state index contributed by atoms with van der Waals surface area (Å²) in [6.45, 7) is 1.67. The van der Waals surface area contributed by atoms with Crippen LogP contribution >= 0.6 is 12.4 Å². The summed E-state index contributed by atoms with van der Waals surface area (Å²) in [5.74, 6) is 0.0395. The second-order valence-electron chi connectivity index (χ2n) is 6.04. The quantitative estimate of drug-likeness (QED) is 0.583. The molecule has 0 spiro atoms. The summed E-state index contributed by atoms with van der Waals surface area (Å²) < 4.78 is 5.03. The average molecular weight is 384 g/mol. The topological polar surface area (TPSA) is 96.5 Å². The highest BCUT2D eigenvalue weighted by molar-refractivity contribution is 5.99. The molecule has 1 aliphatic heterocycles. The van der Waals surface area contributed by atoms with Gasteiger partial charge in [-0.1, -0.05) is 0 Å². The number of ketones is 1. The highest BCUT2D eigenvalue weighted by atomic mass is 35.5. The highest BCUT2D eigenvalue weighted by Crippen LogP contribution is 2.11. The first-order valence-corrected chi connectivity index (χ1v) is 8.52. The van der Waals surface area contributed by atoms with Crippen molar-refractivity contribution < 1.29 is 19.1 Å². The number of hydrogen-bond acceptors (Lipinski definition) is 5. The second kappa shape index (κ2) is 11.5. The van der Waals surface area contributed by atoms with Crippen LogP contribution in [0, 0.1) is 0 Å². The molecule has 8 heteroatoms. The smallest absolute Gasteiger partial charge is 0.220 e. The predicted molar refractivity (Wildman–Crippen MR) is 101 cm³/mol. The Morgan fingerprint density at radius 1 is 1.15 bits per heavy atom. The standard InChI is InChI=1S/C18H25N3O4.ClH/c1-25-15-6-4-13(5-7-15)16(22)12-20-17(23)8-9-18(24)21-14-3-2-10-19-11-14;/h4-7,14,19H,2-3,8-12H2,1H3,(H,20,23)(H,21,24);1H/t14-;/m0./s1. The molecule has 1 atom stereocenters. The van der Waals surface area contributed by atoms with Crippen molar-refractivity contribution >= 4 is 30.0 Å². The predicted octanol–water partition coefficient (Wildman–Crippen LogP) is 1.06. The zero-order valence-electron chi connectivity index (χ0n) is 14.9. The Kier molecular flexibility index (Phi) is 9.69. The summed E-state index contributed by atoms with van der Waals surface area (Å²) in [6.07, 6.45) is 2.20. The lowest BCUT2D eigenvalue weighted by Gasteiger charge is -2.23. The molecule has 26 heavy (non-hydrogen) atoms. The lowest BCUT2D eigenvalue weighted by molar-refractivity contribution is -0.126. The van der Waals surface area contributed by atoms with Crippen LogP contribution in [-0.4, -0.2) is 50.4 Å². The number of hydrogen-bond donors (Lipinski definition) is 3. The fraction of sp³-hybridized carbons (Fsp3) is 0.500. The van der Waals surface area contributed by atoms with Crippen molar-refractivity contribution in [1.29, 1.82) is 0 Å². The van der Waals surface area contributed by atoms with Gasteiger partial charge >= 0.3 is 0 Å². The monoisotopic (exact) mass is 383 g/mol. The van der Waals surface area contributed by atoms with Crippen LogP contribution in [0.1, 0.15) is 36.0 Å². The van der Waals surface area contributed by atoms with Crippen molar-refractivity contribution in [2.75, 3.05) is 26.7 Å². The molecule has 0 bridgehead atoms. The molecule has 0 aromatic heterocycles. The molecular weight excluding hydrogens is 358 g/mol. The fourth-order valence-corrected chi connectivity index (χ4v) is 2.65. The Hall–Kier alpha value is -2.12. The maximum absolute atomic E-state index is 12.0. The minimum Gasteiger partial charge on any atom is -0.497 e. The third-order valence-electron chi connectivity index (χ3n) is 4.10. The Labute approximate surface area is 159 Å². The van der Waals surface area contributed by atoms with Crippen molar-refractivity contribution in [1.82, 2.24) is 16.0 Å². The molecule has 2 amide bonds. The van der Waals surface area contributed by atoms with Crippen LogP contribution in [0.15, 0.2) is 24.3 Å². The van der Waals surface area contributed by atoms with E-state index in [4.69, 9.17) is 4.74 Å². The molecule has 1 saturated heterocycles. The van der Waals surface area contributed by atoms with Gasteiger partial charge in [-0.2, -0.15) is 0 Å². The molecule has 1 aromatic carbocycles. The van der Waals surface area contributed by atoms with Gasteiger partial charge in [0.1, 0.15) is 5.75 Å². The van der Waals surface area contributed by atoms with Gasteiger partial charge < -0.3 is 20.7 Å². The molecule has 1 fully saturated rings. The van der Waals surface area contributed by atoms with E-state index in [1.807, 2.05) is 0 Å². The molecular formula is C18H26ClN3O4. The largest absolute Gasteiger partial charge is 0.497 e. The van der Waals surface area contributed by atoms with Crippen LogP contribution in [0.2, 0.25) is 0 Å². The first-order valence-electron chi connectivity index (χ1n) is 8.52. The number of halogens is 1. The summed E-state index contributed by atoms with van der Waals surface area (Å²) in [6, 6.07) is 6.83. The van der Waals surface area contributed by atoms with Crippen LogP contribution in [0.5, 0.6) is 5.75 Å². The van der Waals surface area contributed by atoms with E-state index in [9.17, 15) is 14.4 Å². The van der Waals surface area contributed by atoms with E-state index in [0.29, 0.717) is 11.3 Å². The third kappa shape index (κ3) is 7.41. The van der Waals surface area contributed by atoms with Gasteiger partial charge in [0.05, 0.1) is 13.7 Å². The van der Waals surface area contributed by atoms with Crippen molar-refractivity contribution in [3.63, 3.8) is 0 Å². The number of carbonyl (C=O) groups excluding carboxylic acids is 3. The molecule has 7 nitrogen and oxygen atoms in total. The summed E-state index contributed by atoms with van der Waals surface area (Å²) in [7, 11) is 1.55. The average Bonchev–Trinajstić information content (AvgIpc) is 2.65. The lowest BCUT2D eigenvalue weighted by Crippen LogP contribution is -2.45. The molecule has 0 radical (unpaired) electrons. The van der Waals surface area contributed by atoms with Gasteiger partial charge in [0.15, 0.2) is 5.78 Å². The second-order valence-corrected chi connectivity index (χ2v) is 6.04. The van der Waals surface area contributed by atoms with Crippen molar-refractivity contribution in [3.8, 4) is 5.75 Å². The zero-order chi connectivity index (χ0) is 18.1. The van der Waals surface area contributed by atoms with Crippen LogP contribution in [0.4, 0.5) is 0 Å². The highest BCUT2D eigenvalue weighted by Gasteiger charge is 2.16. The first kappa shape index (κ1) is 21.9. The Morgan fingerprint density at radius 2 is 1.85 bits per heavy atom. The van der Waals surface area contributed by atoms with Crippen LogP contribution < -0.4 is 20.7 Å². The molecule has 144 valence electrons. The van der Waals surface area contributed by atoms with Crippen molar-refractivity contribution in [2.45, 2.75) is 31.7 Å². The molecule has 1 aromatic rings. The van der Waals surface area contributed by atoms with Gasteiger partial charge in [-0.15, -0.1) is 12.4 Å². The first-order chi connectivity index (χ1) is 12.1. The van der Waals surface area contributed by atoms with E-state index in [2.05, 4.69) is 16.0 Å². The van der Waals surface area contributed by atoms with Gasteiger partial charge in [0.25, 0.3) is 0 Å². The number of methoxy groups -OCH3 is 1. The number of carbonyl (C=O) groups is 3. The van der Waals surface area contributed by atoms with E-state index in [1.54, 1.807) is 31.4 Å². The maximum atomic E-state index is 12.0. The van der Waals surface area contributed by atoms with E-state index in [0.717, 1.165) is 25.9 Å². The molecule has 0 saturated carbocycles. The van der Waals surface area contributed by atoms with Crippen LogP contribution in [0.25, 0.3) is 0 Å². The number of amides is 2. The Balaban J connectivity index is 0.00000338. The van der Waals surface area contributed by atoms with Gasteiger partial charge in [-0.05, 0) is 43.7 Å². The maximum Gasteiger partial charge on any atom is 0.220 e. The Morgan fingerprint density at radius 3 is 2.46 bits per heavy atom. The van der Waals surface area contributed by atoms with E-state index < -0.39 is 0 Å². The van der Waals surface area contributed by atoms with E-state index in [1.165, 1.54) is 0 Å². The lowest BCUT2D eigenvalue weighted by atomic mass is 10.1. The summed E-state index contributed by atoms with van der Waals surface area (Å²) in [5, 5.41) is 8.69. The fourth-order valence-electron chi connectivity index (χ4n) is 2.65. The molecule has 0 unspecified atom stereocenters. The molecule has 0 aliphatic carbocycles. The van der Waals surface area contributed by atoms with Crippen LogP contribution in [0.3, 0.4) is 0 Å². The summed E-state index contributed by atoms with van der Waals surface area (Å²) >= 11 is 0. The molecule has 3 N–H and O–H groups in total. The number of nitrogens with one attached hydrogen (secondary N) is 3. The summed E-state index contributed by atoms with van der Waals surface area (Å²) in [5.41, 5.74) is 0.503. The minimum atomic E-state index is -0.307.